The van der Waals surface area contributed by atoms with Crippen molar-refractivity contribution in [2.75, 3.05) is 25.5 Å². The Morgan fingerprint density at radius 1 is 1.17 bits per heavy atom. The van der Waals surface area contributed by atoms with Crippen molar-refractivity contribution in [3.8, 4) is 0 Å². The first-order valence-electron chi connectivity index (χ1n) is 8.65. The standard InChI is InChI=1S/C18H28N4O2/c1-22(15-8-3-2-4-9-15)13-14-7-5-6-10-16(14)21-18(24)12-20-17(23)11-19/h5-7,10,15H,2-4,8-9,11-13,19H2,1H3,(H,20,23)(H,21,24). The van der Waals surface area contributed by atoms with Gasteiger partial charge in [0.05, 0.1) is 13.1 Å². The number of nitrogens with one attached hydrogen (secondary N) is 2. The fourth-order valence-electron chi connectivity index (χ4n) is 3.15. The predicted molar refractivity (Wildman–Crippen MR) is 95.5 cm³/mol. The molecule has 0 spiro atoms. The summed E-state index contributed by atoms with van der Waals surface area (Å²) < 4.78 is 0. The van der Waals surface area contributed by atoms with Crippen LogP contribution in [0.5, 0.6) is 0 Å². The Morgan fingerprint density at radius 3 is 2.58 bits per heavy atom. The number of anilines is 1. The van der Waals surface area contributed by atoms with Crippen molar-refractivity contribution < 1.29 is 9.59 Å². The average Bonchev–Trinajstić information content (AvgIpc) is 2.62. The Bertz CT molecular complexity index is 556. The second-order valence-corrected chi connectivity index (χ2v) is 6.39. The molecular weight excluding hydrogens is 304 g/mol. The lowest BCUT2D eigenvalue weighted by Crippen LogP contribution is -2.37. The van der Waals surface area contributed by atoms with E-state index in [1.807, 2.05) is 24.3 Å². The van der Waals surface area contributed by atoms with Crippen LogP contribution >= 0.6 is 0 Å². The highest BCUT2D eigenvalue weighted by atomic mass is 16.2. The highest BCUT2D eigenvalue weighted by molar-refractivity contribution is 5.95. The molecule has 0 unspecified atom stereocenters. The molecule has 0 saturated heterocycles. The van der Waals surface area contributed by atoms with Gasteiger partial charge < -0.3 is 16.4 Å². The number of benzene rings is 1. The number of carbonyl (C=O) groups excluding carboxylic acids is 2. The third-order valence-corrected chi connectivity index (χ3v) is 4.54. The minimum Gasteiger partial charge on any atom is -0.346 e. The first kappa shape index (κ1) is 18.4. The van der Waals surface area contributed by atoms with Gasteiger partial charge in [-0.25, -0.2) is 0 Å². The zero-order chi connectivity index (χ0) is 17.4. The molecule has 1 saturated carbocycles. The van der Waals surface area contributed by atoms with E-state index in [9.17, 15) is 9.59 Å². The van der Waals surface area contributed by atoms with Gasteiger partial charge in [0, 0.05) is 18.3 Å². The molecule has 2 rings (SSSR count). The smallest absolute Gasteiger partial charge is 0.243 e. The number of hydrogen-bond donors (Lipinski definition) is 3. The van der Waals surface area contributed by atoms with Crippen molar-refractivity contribution >= 4 is 17.5 Å². The largest absolute Gasteiger partial charge is 0.346 e. The van der Waals surface area contributed by atoms with Crippen molar-refractivity contribution in [3.63, 3.8) is 0 Å². The third-order valence-electron chi connectivity index (χ3n) is 4.54. The van der Waals surface area contributed by atoms with E-state index >= 15 is 0 Å². The molecule has 0 bridgehead atoms. The number of rotatable bonds is 7. The number of carbonyl (C=O) groups is 2. The number of amides is 2. The van der Waals surface area contributed by atoms with Crippen LogP contribution in [0.4, 0.5) is 5.69 Å². The van der Waals surface area contributed by atoms with Crippen LogP contribution in [-0.2, 0) is 16.1 Å². The molecule has 0 heterocycles. The first-order chi connectivity index (χ1) is 11.6. The predicted octanol–water partition coefficient (Wildman–Crippen LogP) is 1.46. The molecule has 132 valence electrons. The van der Waals surface area contributed by atoms with Crippen LogP contribution in [0.1, 0.15) is 37.7 Å². The summed E-state index contributed by atoms with van der Waals surface area (Å²) in [6, 6.07) is 8.43. The molecule has 1 aromatic rings. The van der Waals surface area contributed by atoms with Gasteiger partial charge in [0.25, 0.3) is 0 Å². The molecule has 6 heteroatoms. The summed E-state index contributed by atoms with van der Waals surface area (Å²) in [6.45, 7) is 0.620. The van der Waals surface area contributed by atoms with Gasteiger partial charge in [-0.2, -0.15) is 0 Å². The van der Waals surface area contributed by atoms with Crippen LogP contribution in [0.2, 0.25) is 0 Å². The highest BCUT2D eigenvalue weighted by Gasteiger charge is 2.19. The summed E-state index contributed by atoms with van der Waals surface area (Å²) in [5, 5.41) is 5.36. The molecule has 0 aliphatic heterocycles. The summed E-state index contributed by atoms with van der Waals surface area (Å²) in [7, 11) is 2.15. The second-order valence-electron chi connectivity index (χ2n) is 6.39. The molecule has 2 amide bonds. The Kier molecular flexibility index (Phi) is 7.21. The number of hydrogen-bond acceptors (Lipinski definition) is 4. The molecule has 6 nitrogen and oxygen atoms in total. The summed E-state index contributed by atoms with van der Waals surface area (Å²) in [5.41, 5.74) is 7.10. The third kappa shape index (κ3) is 5.62. The summed E-state index contributed by atoms with van der Waals surface area (Å²) >= 11 is 0. The number of nitrogens with two attached hydrogens (primary N) is 1. The lowest BCUT2D eigenvalue weighted by atomic mass is 9.94. The fraction of sp³-hybridized carbons (Fsp3) is 0.556. The van der Waals surface area contributed by atoms with Crippen molar-refractivity contribution in [2.24, 2.45) is 5.73 Å². The van der Waals surface area contributed by atoms with Gasteiger partial charge in [-0.15, -0.1) is 0 Å². The van der Waals surface area contributed by atoms with E-state index in [-0.39, 0.29) is 24.9 Å². The van der Waals surface area contributed by atoms with E-state index in [1.54, 1.807) is 0 Å². The number of para-hydroxylation sites is 1. The minimum absolute atomic E-state index is 0.0666. The Balaban J connectivity index is 1.93. The topological polar surface area (TPSA) is 87.5 Å². The van der Waals surface area contributed by atoms with Gasteiger partial charge in [-0.05, 0) is 31.5 Å². The number of nitrogens with zero attached hydrogens (tertiary/aromatic N) is 1. The second kappa shape index (κ2) is 9.39. The molecule has 1 aliphatic carbocycles. The maximum absolute atomic E-state index is 12.0. The van der Waals surface area contributed by atoms with Crippen molar-refractivity contribution in [3.05, 3.63) is 29.8 Å². The lowest BCUT2D eigenvalue weighted by Gasteiger charge is -2.31. The Labute approximate surface area is 143 Å². The van der Waals surface area contributed by atoms with Gasteiger partial charge in [0.1, 0.15) is 0 Å². The van der Waals surface area contributed by atoms with E-state index in [0.717, 1.165) is 17.8 Å². The quantitative estimate of drug-likeness (QED) is 0.705. The van der Waals surface area contributed by atoms with Gasteiger partial charge in [-0.1, -0.05) is 37.5 Å². The minimum atomic E-state index is -0.338. The molecule has 0 aromatic heterocycles. The van der Waals surface area contributed by atoms with Crippen LogP contribution in [0.15, 0.2) is 24.3 Å². The van der Waals surface area contributed by atoms with E-state index in [2.05, 4.69) is 22.6 Å². The van der Waals surface area contributed by atoms with Crippen molar-refractivity contribution in [1.82, 2.24) is 10.2 Å². The van der Waals surface area contributed by atoms with E-state index < -0.39 is 0 Å². The van der Waals surface area contributed by atoms with Crippen LogP contribution < -0.4 is 16.4 Å². The highest BCUT2D eigenvalue weighted by Crippen LogP contribution is 2.24. The molecule has 1 aromatic carbocycles. The fourth-order valence-corrected chi connectivity index (χ4v) is 3.15. The van der Waals surface area contributed by atoms with Gasteiger partial charge in [-0.3, -0.25) is 14.5 Å². The first-order valence-corrected chi connectivity index (χ1v) is 8.65. The van der Waals surface area contributed by atoms with Gasteiger partial charge in [0.15, 0.2) is 0 Å². The maximum atomic E-state index is 12.0. The van der Waals surface area contributed by atoms with Crippen molar-refractivity contribution in [1.29, 1.82) is 0 Å². The maximum Gasteiger partial charge on any atom is 0.243 e. The molecule has 4 N–H and O–H groups in total. The van der Waals surface area contributed by atoms with Crippen molar-refractivity contribution in [2.45, 2.75) is 44.7 Å². The molecule has 24 heavy (non-hydrogen) atoms. The van der Waals surface area contributed by atoms with Crippen LogP contribution in [-0.4, -0.2) is 42.9 Å². The molecular formula is C18H28N4O2. The SMILES string of the molecule is CN(Cc1ccccc1NC(=O)CNC(=O)CN)C1CCCCC1. The summed E-state index contributed by atoms with van der Waals surface area (Å²) in [6.07, 6.45) is 6.43. The zero-order valence-electron chi connectivity index (χ0n) is 14.4. The Hall–Kier alpha value is -1.92. The molecule has 0 atom stereocenters. The summed E-state index contributed by atoms with van der Waals surface area (Å²) in [4.78, 5) is 25.5. The lowest BCUT2D eigenvalue weighted by molar-refractivity contribution is -0.123. The van der Waals surface area contributed by atoms with Gasteiger partial charge >= 0.3 is 0 Å². The van der Waals surface area contributed by atoms with Crippen LogP contribution in [0.3, 0.4) is 0 Å². The van der Waals surface area contributed by atoms with E-state index in [0.29, 0.717) is 6.04 Å². The zero-order valence-corrected chi connectivity index (χ0v) is 14.4. The van der Waals surface area contributed by atoms with E-state index in [4.69, 9.17) is 5.73 Å². The van der Waals surface area contributed by atoms with Gasteiger partial charge in [0.2, 0.25) is 11.8 Å². The normalized spacial score (nSPS) is 15.3. The average molecular weight is 332 g/mol. The van der Waals surface area contributed by atoms with Crippen LogP contribution in [0.25, 0.3) is 0 Å². The molecule has 0 radical (unpaired) electrons. The van der Waals surface area contributed by atoms with Crippen LogP contribution in [0, 0.1) is 0 Å². The molecule has 1 fully saturated rings. The summed E-state index contributed by atoms with van der Waals surface area (Å²) in [5.74, 6) is -0.583. The van der Waals surface area contributed by atoms with E-state index in [1.165, 1.54) is 32.1 Å². The Morgan fingerprint density at radius 2 is 1.88 bits per heavy atom. The monoisotopic (exact) mass is 332 g/mol. The molecule has 1 aliphatic rings.